The van der Waals surface area contributed by atoms with Crippen LogP contribution >= 0.6 is 11.3 Å². The zero-order valence-corrected chi connectivity index (χ0v) is 19.1. The van der Waals surface area contributed by atoms with Gasteiger partial charge in [0.25, 0.3) is 0 Å². The molecule has 0 radical (unpaired) electrons. The Labute approximate surface area is 203 Å². The van der Waals surface area contributed by atoms with Gasteiger partial charge in [0.15, 0.2) is 17.1 Å². The molecule has 0 fully saturated rings. The molecule has 5 aromatic rings. The van der Waals surface area contributed by atoms with Gasteiger partial charge in [-0.25, -0.2) is 9.50 Å². The van der Waals surface area contributed by atoms with Crippen LogP contribution in [0.1, 0.15) is 20.8 Å². The summed E-state index contributed by atoms with van der Waals surface area (Å²) in [6.07, 6.45) is 3.40. The summed E-state index contributed by atoms with van der Waals surface area (Å²) >= 11 is 1.38. The number of aromatic nitrogens is 3. The average Bonchev–Trinajstić information content (AvgIpc) is 3.64. The van der Waals surface area contributed by atoms with Gasteiger partial charge in [-0.2, -0.15) is 5.10 Å². The van der Waals surface area contributed by atoms with E-state index in [1.165, 1.54) is 11.3 Å². The summed E-state index contributed by atoms with van der Waals surface area (Å²) in [4.78, 5) is 30.6. The highest BCUT2D eigenvalue weighted by atomic mass is 32.1. The third-order valence-corrected chi connectivity index (χ3v) is 6.50. The maximum atomic E-state index is 12.9. The lowest BCUT2D eigenvalue weighted by Crippen LogP contribution is -2.14. The number of anilines is 1. The fourth-order valence-electron chi connectivity index (χ4n) is 4.01. The van der Waals surface area contributed by atoms with E-state index in [2.05, 4.69) is 15.4 Å². The highest BCUT2D eigenvalue weighted by Gasteiger charge is 2.19. The van der Waals surface area contributed by atoms with E-state index in [1.807, 2.05) is 60.0 Å². The minimum absolute atomic E-state index is 0.107. The van der Waals surface area contributed by atoms with Crippen LogP contribution in [0.4, 0.5) is 5.69 Å². The number of hydrogen-bond donors (Lipinski definition) is 1. The fraction of sp³-hybridized carbons (Fsp3) is 0.0769. The Hall–Kier alpha value is -4.50. The Morgan fingerprint density at radius 2 is 1.94 bits per heavy atom. The second kappa shape index (κ2) is 8.69. The summed E-state index contributed by atoms with van der Waals surface area (Å²) in [5, 5.41) is 9.24. The summed E-state index contributed by atoms with van der Waals surface area (Å²) in [7, 11) is 0. The summed E-state index contributed by atoms with van der Waals surface area (Å²) in [6, 6.07) is 18.4. The first-order chi connectivity index (χ1) is 17.2. The first kappa shape index (κ1) is 21.1. The topological polar surface area (TPSA) is 94.8 Å². The van der Waals surface area contributed by atoms with Crippen LogP contribution < -0.4 is 14.8 Å². The lowest BCUT2D eigenvalue weighted by Gasteiger charge is -2.09. The van der Waals surface area contributed by atoms with E-state index in [1.54, 1.807) is 23.0 Å². The molecule has 1 aliphatic heterocycles. The number of ether oxygens (including phenoxy) is 2. The summed E-state index contributed by atoms with van der Waals surface area (Å²) < 4.78 is 12.4. The van der Waals surface area contributed by atoms with Crippen molar-refractivity contribution < 1.29 is 19.1 Å². The van der Waals surface area contributed by atoms with Crippen LogP contribution in [0, 0.1) is 0 Å². The zero-order chi connectivity index (χ0) is 23.8. The van der Waals surface area contributed by atoms with Crippen molar-refractivity contribution in [1.29, 1.82) is 0 Å². The van der Waals surface area contributed by atoms with Gasteiger partial charge >= 0.3 is 0 Å². The number of thiophene rings is 1. The minimum atomic E-state index is -0.149. The molecule has 1 amide bonds. The van der Waals surface area contributed by atoms with Gasteiger partial charge in [-0.3, -0.25) is 9.59 Å². The molecule has 0 unspecified atom stereocenters. The molecule has 9 heteroatoms. The molecular weight excluding hydrogens is 464 g/mol. The number of nitrogens with zero attached hydrogens (tertiary/aromatic N) is 3. The van der Waals surface area contributed by atoms with Crippen LogP contribution in [0.5, 0.6) is 11.5 Å². The van der Waals surface area contributed by atoms with Gasteiger partial charge in [-0.1, -0.05) is 24.3 Å². The zero-order valence-electron chi connectivity index (χ0n) is 18.3. The molecule has 4 heterocycles. The van der Waals surface area contributed by atoms with E-state index in [0.717, 1.165) is 16.8 Å². The Morgan fingerprint density at radius 1 is 1.03 bits per heavy atom. The van der Waals surface area contributed by atoms with Crippen molar-refractivity contribution in [3.8, 4) is 22.8 Å². The Bertz CT molecular complexity index is 1580. The van der Waals surface area contributed by atoms with Gasteiger partial charge in [0.2, 0.25) is 18.5 Å². The van der Waals surface area contributed by atoms with Gasteiger partial charge in [0, 0.05) is 17.4 Å². The molecule has 8 nitrogen and oxygen atoms in total. The largest absolute Gasteiger partial charge is 0.454 e. The summed E-state index contributed by atoms with van der Waals surface area (Å²) in [6.45, 7) is 0.194. The highest BCUT2D eigenvalue weighted by Crippen LogP contribution is 2.32. The van der Waals surface area contributed by atoms with Gasteiger partial charge in [0.1, 0.15) is 0 Å². The molecule has 1 aliphatic rings. The molecule has 0 spiro atoms. The van der Waals surface area contributed by atoms with Gasteiger partial charge in [0.05, 0.1) is 28.8 Å². The predicted octanol–water partition coefficient (Wildman–Crippen LogP) is 4.60. The van der Waals surface area contributed by atoms with Gasteiger partial charge < -0.3 is 14.8 Å². The minimum Gasteiger partial charge on any atom is -0.454 e. The maximum absolute atomic E-state index is 12.9. The molecule has 35 heavy (non-hydrogen) atoms. The van der Waals surface area contributed by atoms with Crippen molar-refractivity contribution >= 4 is 34.4 Å². The van der Waals surface area contributed by atoms with Crippen LogP contribution in [0.2, 0.25) is 0 Å². The van der Waals surface area contributed by atoms with E-state index in [4.69, 9.17) is 9.47 Å². The predicted molar refractivity (Wildman–Crippen MR) is 131 cm³/mol. The van der Waals surface area contributed by atoms with Crippen LogP contribution in [-0.4, -0.2) is 33.1 Å². The lowest BCUT2D eigenvalue weighted by molar-refractivity contribution is -0.115. The average molecular weight is 483 g/mol. The maximum Gasteiger partial charge on any atom is 0.231 e. The Balaban J connectivity index is 1.25. The van der Waals surface area contributed by atoms with Gasteiger partial charge in [-0.05, 0) is 47.3 Å². The molecule has 3 aromatic heterocycles. The monoisotopic (exact) mass is 482 g/mol. The number of carbonyl (C=O) groups is 2. The standard InChI is InChI=1S/C26H18N4O4S/c31-24(12-16-6-7-21-22(11-16)34-15-33-21)29-18-4-1-3-17(13-18)20-8-9-27-26-19(14-28-30(20)26)25(32)23-5-2-10-35-23/h1-11,13-14H,12,15H2,(H,29,31). The number of nitrogens with one attached hydrogen (secondary N) is 1. The van der Waals surface area contributed by atoms with E-state index in [-0.39, 0.29) is 24.9 Å². The molecule has 6 rings (SSSR count). The Kier molecular flexibility index (Phi) is 5.23. The molecule has 0 aliphatic carbocycles. The number of fused-ring (bicyclic) bond motifs is 2. The van der Waals surface area contributed by atoms with Crippen molar-refractivity contribution in [3.63, 3.8) is 0 Å². The van der Waals surface area contributed by atoms with E-state index >= 15 is 0 Å². The van der Waals surface area contributed by atoms with E-state index in [9.17, 15) is 9.59 Å². The number of carbonyl (C=O) groups excluding carboxylic acids is 2. The van der Waals surface area contributed by atoms with Crippen LogP contribution in [0.15, 0.2) is 78.4 Å². The van der Waals surface area contributed by atoms with Crippen molar-refractivity contribution in [2.75, 3.05) is 12.1 Å². The molecule has 172 valence electrons. The third-order valence-electron chi connectivity index (χ3n) is 5.63. The number of hydrogen-bond acceptors (Lipinski definition) is 7. The Morgan fingerprint density at radius 3 is 2.83 bits per heavy atom. The normalized spacial score (nSPS) is 12.1. The van der Waals surface area contributed by atoms with Crippen molar-refractivity contribution in [1.82, 2.24) is 14.6 Å². The number of rotatable bonds is 6. The SMILES string of the molecule is O=C(Cc1ccc2c(c1)OCO2)Nc1cccc(-c2ccnc3c(C(=O)c4cccs4)cnn23)c1. The van der Waals surface area contributed by atoms with Crippen LogP contribution in [0.3, 0.4) is 0 Å². The number of amides is 1. The van der Waals surface area contributed by atoms with Crippen molar-refractivity contribution in [2.45, 2.75) is 6.42 Å². The summed E-state index contributed by atoms with van der Waals surface area (Å²) in [5.41, 5.74) is 4.00. The molecular formula is C26H18N4O4S. The molecule has 0 saturated heterocycles. The molecule has 2 aromatic carbocycles. The van der Waals surface area contributed by atoms with Gasteiger partial charge in [-0.15, -0.1) is 11.3 Å². The quantitative estimate of drug-likeness (QED) is 0.356. The van der Waals surface area contributed by atoms with E-state index < -0.39 is 0 Å². The molecule has 0 bridgehead atoms. The first-order valence-corrected chi connectivity index (χ1v) is 11.7. The smallest absolute Gasteiger partial charge is 0.231 e. The third kappa shape index (κ3) is 4.02. The second-order valence-electron chi connectivity index (χ2n) is 7.92. The molecule has 0 atom stereocenters. The number of benzene rings is 2. The second-order valence-corrected chi connectivity index (χ2v) is 8.87. The highest BCUT2D eigenvalue weighted by molar-refractivity contribution is 7.12. The lowest BCUT2D eigenvalue weighted by atomic mass is 10.1. The number of ketones is 1. The van der Waals surface area contributed by atoms with Crippen molar-refractivity contribution in [3.05, 3.63) is 94.4 Å². The first-order valence-electron chi connectivity index (χ1n) is 10.9. The van der Waals surface area contributed by atoms with Crippen LogP contribution in [0.25, 0.3) is 16.9 Å². The van der Waals surface area contributed by atoms with Crippen LogP contribution in [-0.2, 0) is 11.2 Å². The molecule has 1 N–H and O–H groups in total. The fourth-order valence-corrected chi connectivity index (χ4v) is 4.69. The summed E-state index contributed by atoms with van der Waals surface area (Å²) in [5.74, 6) is 1.08. The molecule has 0 saturated carbocycles. The van der Waals surface area contributed by atoms with Crippen molar-refractivity contribution in [2.24, 2.45) is 0 Å². The van der Waals surface area contributed by atoms with E-state index in [0.29, 0.717) is 33.3 Å².